The molecule has 0 saturated heterocycles. The molecule has 0 fully saturated rings. The highest BCUT2D eigenvalue weighted by Crippen LogP contribution is 2.36. The largest absolute Gasteiger partial charge is 0.488 e. The number of nitrogens with two attached hydrogens (primary N) is 1. The van der Waals surface area contributed by atoms with Crippen LogP contribution in [0, 0.1) is 0 Å². The lowest BCUT2D eigenvalue weighted by molar-refractivity contribution is 0.363. The standard InChI is InChI=1S/C9H9Cl2NO3S/c1-2-5-15-6-3-4-7(16(12,13)14)9(11)8(6)10/h2-4H,1,5H2,(H2,12,13,14). The van der Waals surface area contributed by atoms with Gasteiger partial charge in [-0.1, -0.05) is 35.9 Å². The normalized spacial score (nSPS) is 11.2. The number of benzene rings is 1. The summed E-state index contributed by atoms with van der Waals surface area (Å²) in [6.07, 6.45) is 1.53. The highest BCUT2D eigenvalue weighted by Gasteiger charge is 2.18. The van der Waals surface area contributed by atoms with E-state index in [0.29, 0.717) is 0 Å². The van der Waals surface area contributed by atoms with Gasteiger partial charge in [0, 0.05) is 0 Å². The lowest BCUT2D eigenvalue weighted by atomic mass is 10.3. The van der Waals surface area contributed by atoms with Crippen molar-refractivity contribution in [1.82, 2.24) is 0 Å². The van der Waals surface area contributed by atoms with E-state index >= 15 is 0 Å². The molecule has 0 aromatic heterocycles. The van der Waals surface area contributed by atoms with Crippen molar-refractivity contribution in [2.75, 3.05) is 6.61 Å². The maximum atomic E-state index is 11.1. The number of rotatable bonds is 4. The molecule has 0 unspecified atom stereocenters. The molecule has 0 aliphatic heterocycles. The minimum absolute atomic E-state index is 0.00930. The first-order valence-corrected chi connectivity index (χ1v) is 6.42. The number of halogens is 2. The van der Waals surface area contributed by atoms with Crippen molar-refractivity contribution in [2.24, 2.45) is 5.14 Å². The quantitative estimate of drug-likeness (QED) is 0.861. The van der Waals surface area contributed by atoms with E-state index in [4.69, 9.17) is 33.1 Å². The molecule has 0 aliphatic carbocycles. The number of hydrogen-bond acceptors (Lipinski definition) is 3. The number of hydrogen-bond donors (Lipinski definition) is 1. The van der Waals surface area contributed by atoms with Gasteiger partial charge in [0.25, 0.3) is 0 Å². The van der Waals surface area contributed by atoms with Crippen molar-refractivity contribution < 1.29 is 13.2 Å². The van der Waals surface area contributed by atoms with Crippen LogP contribution < -0.4 is 9.88 Å². The molecule has 7 heteroatoms. The van der Waals surface area contributed by atoms with E-state index in [1.54, 1.807) is 0 Å². The number of sulfonamides is 1. The summed E-state index contributed by atoms with van der Waals surface area (Å²) in [5.41, 5.74) is 0. The van der Waals surface area contributed by atoms with Gasteiger partial charge < -0.3 is 4.74 Å². The number of ether oxygens (including phenoxy) is 1. The molecule has 0 saturated carbocycles. The fraction of sp³-hybridized carbons (Fsp3) is 0.111. The molecule has 16 heavy (non-hydrogen) atoms. The molecule has 1 aromatic rings. The monoisotopic (exact) mass is 281 g/mol. The van der Waals surface area contributed by atoms with Gasteiger partial charge >= 0.3 is 0 Å². The van der Waals surface area contributed by atoms with Gasteiger partial charge in [0.1, 0.15) is 22.3 Å². The van der Waals surface area contributed by atoms with Crippen molar-refractivity contribution in [3.05, 3.63) is 34.8 Å². The second-order valence-electron chi connectivity index (χ2n) is 2.83. The van der Waals surface area contributed by atoms with E-state index in [0.717, 1.165) is 0 Å². The van der Waals surface area contributed by atoms with Crippen LogP contribution in [0.25, 0.3) is 0 Å². The minimum atomic E-state index is -3.89. The van der Waals surface area contributed by atoms with Crippen molar-refractivity contribution >= 4 is 33.2 Å². The Kier molecular flexibility index (Phi) is 4.21. The van der Waals surface area contributed by atoms with Crippen molar-refractivity contribution in [1.29, 1.82) is 0 Å². The summed E-state index contributed by atoms with van der Waals surface area (Å²) in [6, 6.07) is 2.62. The smallest absolute Gasteiger partial charge is 0.239 e. The average Bonchev–Trinajstić information content (AvgIpc) is 2.18. The van der Waals surface area contributed by atoms with E-state index in [2.05, 4.69) is 6.58 Å². The summed E-state index contributed by atoms with van der Waals surface area (Å²) in [7, 11) is -3.89. The average molecular weight is 282 g/mol. The van der Waals surface area contributed by atoms with Gasteiger partial charge in [-0.3, -0.25) is 0 Å². The zero-order valence-corrected chi connectivity index (χ0v) is 10.4. The summed E-state index contributed by atoms with van der Waals surface area (Å²) < 4.78 is 27.4. The molecule has 0 heterocycles. The fourth-order valence-corrected chi connectivity index (χ4v) is 2.36. The third-order valence-electron chi connectivity index (χ3n) is 1.67. The molecule has 0 aliphatic rings. The van der Waals surface area contributed by atoms with Crippen LogP contribution in [0.5, 0.6) is 5.75 Å². The summed E-state index contributed by atoms with van der Waals surface area (Å²) >= 11 is 11.6. The SMILES string of the molecule is C=CCOc1ccc(S(N)(=O)=O)c(Cl)c1Cl. The second kappa shape index (κ2) is 5.05. The minimum Gasteiger partial charge on any atom is -0.488 e. The molecule has 4 nitrogen and oxygen atoms in total. The zero-order chi connectivity index (χ0) is 12.3. The van der Waals surface area contributed by atoms with Crippen molar-refractivity contribution in [3.8, 4) is 5.75 Å². The first-order chi connectivity index (χ1) is 7.38. The van der Waals surface area contributed by atoms with Crippen LogP contribution in [0.3, 0.4) is 0 Å². The highest BCUT2D eigenvalue weighted by molar-refractivity contribution is 7.89. The Morgan fingerprint density at radius 3 is 2.50 bits per heavy atom. The van der Waals surface area contributed by atoms with Crippen LogP contribution in [0.2, 0.25) is 10.0 Å². The zero-order valence-electron chi connectivity index (χ0n) is 8.11. The molecular weight excluding hydrogens is 273 g/mol. The first kappa shape index (κ1) is 13.3. The second-order valence-corrected chi connectivity index (χ2v) is 5.12. The molecule has 2 N–H and O–H groups in total. The van der Waals surface area contributed by atoms with Crippen LogP contribution in [0.4, 0.5) is 0 Å². The predicted octanol–water partition coefficient (Wildman–Crippen LogP) is 2.21. The lowest BCUT2D eigenvalue weighted by Crippen LogP contribution is -2.13. The van der Waals surface area contributed by atoms with Gasteiger partial charge in [-0.05, 0) is 12.1 Å². The topological polar surface area (TPSA) is 69.4 Å². The van der Waals surface area contributed by atoms with Gasteiger partial charge in [-0.25, -0.2) is 13.6 Å². The van der Waals surface area contributed by atoms with Gasteiger partial charge in [0.15, 0.2) is 0 Å². The Morgan fingerprint density at radius 1 is 1.38 bits per heavy atom. The Morgan fingerprint density at radius 2 is 2.00 bits per heavy atom. The maximum absolute atomic E-state index is 11.1. The van der Waals surface area contributed by atoms with Crippen LogP contribution in [0.15, 0.2) is 29.7 Å². The van der Waals surface area contributed by atoms with Gasteiger partial charge in [0.05, 0.1) is 5.02 Å². The molecule has 88 valence electrons. The van der Waals surface area contributed by atoms with Crippen molar-refractivity contribution in [3.63, 3.8) is 0 Å². The molecule has 0 bridgehead atoms. The van der Waals surface area contributed by atoms with Crippen LogP contribution in [0.1, 0.15) is 0 Å². The Bertz CT molecular complexity index is 514. The summed E-state index contributed by atoms with van der Waals surface area (Å²) in [5, 5.41) is 4.81. The molecule has 0 spiro atoms. The molecule has 1 aromatic carbocycles. The lowest BCUT2D eigenvalue weighted by Gasteiger charge is -2.09. The van der Waals surface area contributed by atoms with E-state index in [1.807, 2.05) is 0 Å². The van der Waals surface area contributed by atoms with Crippen LogP contribution >= 0.6 is 23.2 Å². The Labute approximate surface area is 104 Å². The molecule has 0 amide bonds. The van der Waals surface area contributed by atoms with Gasteiger partial charge in [-0.15, -0.1) is 0 Å². The summed E-state index contributed by atoms with van der Waals surface area (Å²) in [6.45, 7) is 3.71. The Hall–Kier alpha value is -0.750. The van der Waals surface area contributed by atoms with E-state index in [9.17, 15) is 8.42 Å². The van der Waals surface area contributed by atoms with Crippen LogP contribution in [-0.4, -0.2) is 15.0 Å². The molecule has 0 atom stereocenters. The number of primary sulfonamides is 1. The van der Waals surface area contributed by atoms with E-state index in [1.165, 1.54) is 18.2 Å². The first-order valence-electron chi connectivity index (χ1n) is 4.12. The fourth-order valence-electron chi connectivity index (χ4n) is 0.994. The van der Waals surface area contributed by atoms with Crippen LogP contribution in [-0.2, 0) is 10.0 Å². The Balaban J connectivity index is 3.23. The molecule has 1 rings (SSSR count). The highest BCUT2D eigenvalue weighted by atomic mass is 35.5. The summed E-state index contributed by atoms with van der Waals surface area (Å²) in [4.78, 5) is -0.231. The van der Waals surface area contributed by atoms with Gasteiger partial charge in [0.2, 0.25) is 10.0 Å². The van der Waals surface area contributed by atoms with E-state index in [-0.39, 0.29) is 27.3 Å². The third-order valence-corrected chi connectivity index (χ3v) is 3.60. The molecular formula is C9H9Cl2NO3S. The third kappa shape index (κ3) is 2.89. The van der Waals surface area contributed by atoms with E-state index < -0.39 is 10.0 Å². The van der Waals surface area contributed by atoms with Gasteiger partial charge in [-0.2, -0.15) is 0 Å². The summed E-state index contributed by atoms with van der Waals surface area (Å²) in [5.74, 6) is 0.277. The maximum Gasteiger partial charge on any atom is 0.239 e. The van der Waals surface area contributed by atoms with Crippen molar-refractivity contribution in [2.45, 2.75) is 4.90 Å². The predicted molar refractivity (Wildman–Crippen MR) is 63.5 cm³/mol. The molecule has 0 radical (unpaired) electrons.